The van der Waals surface area contributed by atoms with Gasteiger partial charge in [0.15, 0.2) is 0 Å². The van der Waals surface area contributed by atoms with Gasteiger partial charge in [-0.15, -0.1) is 0 Å². The minimum Gasteiger partial charge on any atom is -0.354 e. The Bertz CT molecular complexity index is 1090. The van der Waals surface area contributed by atoms with E-state index in [0.29, 0.717) is 10.8 Å². The number of rotatable bonds is 10. The third kappa shape index (κ3) is 7.24. The smallest absolute Gasteiger partial charge is 0.244 e. The van der Waals surface area contributed by atoms with Gasteiger partial charge < -0.3 is 10.2 Å². The highest BCUT2D eigenvalue weighted by Crippen LogP contribution is 2.22. The fourth-order valence-electron chi connectivity index (χ4n) is 3.09. The van der Waals surface area contributed by atoms with Gasteiger partial charge in [0.05, 0.1) is 11.9 Å². The first-order valence-corrected chi connectivity index (χ1v) is 12.3. The molecular formula is C23H29F2N3O4S. The summed E-state index contributed by atoms with van der Waals surface area (Å²) in [5, 5.41) is 2.72. The molecule has 2 aromatic carbocycles. The molecule has 2 rings (SSSR count). The van der Waals surface area contributed by atoms with Crippen molar-refractivity contribution in [2.75, 3.05) is 23.7 Å². The minimum atomic E-state index is -4.05. The quantitative estimate of drug-likeness (QED) is 0.565. The molecule has 2 amide bonds. The van der Waals surface area contributed by atoms with Gasteiger partial charge in [0, 0.05) is 18.7 Å². The number of anilines is 1. The maximum Gasteiger partial charge on any atom is 0.244 e. The second-order valence-corrected chi connectivity index (χ2v) is 10.1. The van der Waals surface area contributed by atoms with Crippen molar-refractivity contribution in [2.24, 2.45) is 5.92 Å². The third-order valence-electron chi connectivity index (χ3n) is 4.95. The summed E-state index contributed by atoms with van der Waals surface area (Å²) in [7, 11) is -4.05. The molecule has 0 aliphatic carbocycles. The summed E-state index contributed by atoms with van der Waals surface area (Å²) in [6.45, 7) is 4.64. The van der Waals surface area contributed by atoms with E-state index in [-0.39, 0.29) is 23.7 Å². The van der Waals surface area contributed by atoms with Gasteiger partial charge >= 0.3 is 0 Å². The predicted octanol–water partition coefficient (Wildman–Crippen LogP) is 2.92. The van der Waals surface area contributed by atoms with Gasteiger partial charge in [-0.25, -0.2) is 17.2 Å². The number of para-hydroxylation sites is 1. The molecule has 0 saturated heterocycles. The SMILES string of the molecule is CC(C)CNC(=O)C(C)N(Cc1ccccc1F)C(=O)CN(c1ccccc1F)S(C)(=O)=O. The number of carbonyl (C=O) groups excluding carboxylic acids is 2. The van der Waals surface area contributed by atoms with Crippen LogP contribution in [0.3, 0.4) is 0 Å². The highest BCUT2D eigenvalue weighted by Gasteiger charge is 2.31. The summed E-state index contributed by atoms with van der Waals surface area (Å²) in [6.07, 6.45) is 0.854. The zero-order valence-electron chi connectivity index (χ0n) is 19.1. The number of hydrogen-bond donors (Lipinski definition) is 1. The predicted molar refractivity (Wildman–Crippen MR) is 123 cm³/mol. The van der Waals surface area contributed by atoms with E-state index in [0.717, 1.165) is 17.2 Å². The summed E-state index contributed by atoms with van der Waals surface area (Å²) in [4.78, 5) is 27.1. The number of sulfonamides is 1. The maximum atomic E-state index is 14.3. The Morgan fingerprint density at radius 3 is 2.09 bits per heavy atom. The van der Waals surface area contributed by atoms with E-state index in [9.17, 15) is 26.8 Å². The van der Waals surface area contributed by atoms with Crippen molar-refractivity contribution in [3.8, 4) is 0 Å². The molecule has 0 spiro atoms. The lowest BCUT2D eigenvalue weighted by Gasteiger charge is -2.31. The van der Waals surface area contributed by atoms with Gasteiger partial charge in [-0.3, -0.25) is 13.9 Å². The second kappa shape index (κ2) is 11.2. The molecule has 2 aromatic rings. The first-order chi connectivity index (χ1) is 15.4. The van der Waals surface area contributed by atoms with Crippen LogP contribution in [-0.2, 0) is 26.2 Å². The molecule has 0 saturated carbocycles. The molecule has 0 aliphatic heterocycles. The lowest BCUT2D eigenvalue weighted by atomic mass is 10.1. The largest absolute Gasteiger partial charge is 0.354 e. The van der Waals surface area contributed by atoms with Crippen molar-refractivity contribution in [2.45, 2.75) is 33.4 Å². The fourth-order valence-corrected chi connectivity index (χ4v) is 3.94. The molecule has 180 valence electrons. The Hall–Kier alpha value is -3.01. The van der Waals surface area contributed by atoms with Gasteiger partial charge in [0.2, 0.25) is 21.8 Å². The molecule has 33 heavy (non-hydrogen) atoms. The monoisotopic (exact) mass is 481 g/mol. The molecule has 1 N–H and O–H groups in total. The standard InChI is InChI=1S/C23H29F2N3O4S/c1-16(2)13-26-23(30)17(3)27(14-18-9-5-6-10-19(18)24)22(29)15-28(33(4,31)32)21-12-8-7-11-20(21)25/h5-12,16-17H,13-15H2,1-4H3,(H,26,30). The van der Waals surface area contributed by atoms with E-state index < -0.39 is 46.1 Å². The van der Waals surface area contributed by atoms with Gasteiger partial charge in [-0.05, 0) is 31.0 Å². The van der Waals surface area contributed by atoms with E-state index in [2.05, 4.69) is 5.32 Å². The van der Waals surface area contributed by atoms with E-state index >= 15 is 0 Å². The zero-order chi connectivity index (χ0) is 24.8. The molecule has 0 bridgehead atoms. The molecule has 0 aliphatic rings. The van der Waals surface area contributed by atoms with Crippen molar-refractivity contribution >= 4 is 27.5 Å². The van der Waals surface area contributed by atoms with Crippen molar-refractivity contribution in [3.05, 3.63) is 65.7 Å². The third-order valence-corrected chi connectivity index (χ3v) is 6.08. The van der Waals surface area contributed by atoms with Crippen LogP contribution in [0.5, 0.6) is 0 Å². The van der Waals surface area contributed by atoms with Gasteiger partial charge in [0.1, 0.15) is 24.2 Å². The summed E-state index contributed by atoms with van der Waals surface area (Å²) in [5.41, 5.74) is -0.137. The highest BCUT2D eigenvalue weighted by atomic mass is 32.2. The van der Waals surface area contributed by atoms with Crippen LogP contribution in [0.2, 0.25) is 0 Å². The van der Waals surface area contributed by atoms with Gasteiger partial charge in [-0.1, -0.05) is 44.2 Å². The van der Waals surface area contributed by atoms with Crippen LogP contribution in [0.1, 0.15) is 26.3 Å². The Morgan fingerprint density at radius 2 is 1.55 bits per heavy atom. The highest BCUT2D eigenvalue weighted by molar-refractivity contribution is 7.92. The zero-order valence-corrected chi connectivity index (χ0v) is 19.9. The number of nitrogens with zero attached hydrogens (tertiary/aromatic N) is 2. The van der Waals surface area contributed by atoms with Crippen LogP contribution in [0.15, 0.2) is 48.5 Å². The lowest BCUT2D eigenvalue weighted by molar-refractivity contribution is -0.139. The average Bonchev–Trinajstić information content (AvgIpc) is 2.74. The molecule has 1 unspecified atom stereocenters. The lowest BCUT2D eigenvalue weighted by Crippen LogP contribution is -2.51. The summed E-state index contributed by atoms with van der Waals surface area (Å²) >= 11 is 0. The number of hydrogen-bond acceptors (Lipinski definition) is 4. The summed E-state index contributed by atoms with van der Waals surface area (Å²) < 4.78 is 54.1. The van der Waals surface area contributed by atoms with Gasteiger partial charge in [-0.2, -0.15) is 0 Å². The molecule has 1 atom stereocenters. The Labute approximate surface area is 193 Å². The number of benzene rings is 2. The van der Waals surface area contributed by atoms with Crippen LogP contribution in [0.4, 0.5) is 14.5 Å². The first kappa shape index (κ1) is 26.2. The Kier molecular flexibility index (Phi) is 8.92. The van der Waals surface area contributed by atoms with Crippen LogP contribution in [-0.4, -0.2) is 50.5 Å². The van der Waals surface area contributed by atoms with Crippen molar-refractivity contribution in [1.29, 1.82) is 0 Å². The minimum absolute atomic E-state index is 0.158. The van der Waals surface area contributed by atoms with E-state index in [1.54, 1.807) is 6.07 Å². The molecule has 10 heteroatoms. The summed E-state index contributed by atoms with van der Waals surface area (Å²) in [6, 6.07) is 9.91. The molecule has 0 fully saturated rings. The van der Waals surface area contributed by atoms with Crippen LogP contribution >= 0.6 is 0 Å². The van der Waals surface area contributed by atoms with E-state index in [1.807, 2.05) is 13.8 Å². The topological polar surface area (TPSA) is 86.8 Å². The fraction of sp³-hybridized carbons (Fsp3) is 0.391. The van der Waals surface area contributed by atoms with Crippen LogP contribution in [0.25, 0.3) is 0 Å². The van der Waals surface area contributed by atoms with Crippen molar-refractivity contribution in [1.82, 2.24) is 10.2 Å². The first-order valence-electron chi connectivity index (χ1n) is 10.4. The molecule has 7 nitrogen and oxygen atoms in total. The van der Waals surface area contributed by atoms with E-state index in [4.69, 9.17) is 0 Å². The molecule has 0 aromatic heterocycles. The number of nitrogens with one attached hydrogen (secondary N) is 1. The van der Waals surface area contributed by atoms with Gasteiger partial charge in [0.25, 0.3) is 0 Å². The van der Waals surface area contributed by atoms with Crippen LogP contribution in [0, 0.1) is 17.6 Å². The number of amides is 2. The number of carbonyl (C=O) groups is 2. The normalized spacial score (nSPS) is 12.3. The average molecular weight is 482 g/mol. The Morgan fingerprint density at radius 1 is 0.970 bits per heavy atom. The molecule has 0 heterocycles. The van der Waals surface area contributed by atoms with Crippen molar-refractivity contribution in [3.63, 3.8) is 0 Å². The van der Waals surface area contributed by atoms with Crippen LogP contribution < -0.4 is 9.62 Å². The van der Waals surface area contributed by atoms with Crippen molar-refractivity contribution < 1.29 is 26.8 Å². The molecular weight excluding hydrogens is 452 g/mol. The van der Waals surface area contributed by atoms with E-state index in [1.165, 1.54) is 43.3 Å². The second-order valence-electron chi connectivity index (χ2n) is 8.15. The summed E-state index contributed by atoms with van der Waals surface area (Å²) in [5.74, 6) is -2.47. The Balaban J connectivity index is 2.39. The number of halogens is 2. The molecule has 0 radical (unpaired) electrons. The maximum absolute atomic E-state index is 14.3.